The number of benzene rings is 2. The van der Waals surface area contributed by atoms with E-state index in [0.717, 1.165) is 23.6 Å². The molecule has 4 heteroatoms. The summed E-state index contributed by atoms with van der Waals surface area (Å²) in [5.41, 5.74) is 3.54. The molecule has 0 spiro atoms. The number of nitrogens with one attached hydrogen (secondary N) is 1. The first kappa shape index (κ1) is 21.2. The Morgan fingerprint density at radius 2 is 1.68 bits per heavy atom. The molecule has 6 rings (SSSR count). The topological polar surface area (TPSA) is 30.5 Å². The summed E-state index contributed by atoms with van der Waals surface area (Å²) >= 11 is 6.65. The summed E-state index contributed by atoms with van der Waals surface area (Å²) < 4.78 is 11.7. The molecule has 4 saturated carbocycles. The van der Waals surface area contributed by atoms with E-state index in [1.807, 2.05) is 36.4 Å². The van der Waals surface area contributed by atoms with E-state index >= 15 is 0 Å². The number of methoxy groups -OCH3 is 1. The van der Waals surface area contributed by atoms with Crippen molar-refractivity contribution in [1.29, 1.82) is 0 Å². The van der Waals surface area contributed by atoms with Crippen molar-refractivity contribution in [3.8, 4) is 11.5 Å². The quantitative estimate of drug-likeness (QED) is 0.516. The number of hydrogen-bond acceptors (Lipinski definition) is 3. The largest absolute Gasteiger partial charge is 0.493 e. The Kier molecular flexibility index (Phi) is 5.26. The molecule has 1 N–H and O–H groups in total. The Balaban J connectivity index is 1.31. The molecular weight excluding hydrogens is 406 g/mol. The van der Waals surface area contributed by atoms with Gasteiger partial charge in [-0.05, 0) is 78.5 Å². The van der Waals surface area contributed by atoms with Crippen LogP contribution in [0.2, 0.25) is 5.02 Å². The number of ether oxygens (including phenoxy) is 2. The van der Waals surface area contributed by atoms with Crippen LogP contribution in [0.25, 0.3) is 0 Å². The molecule has 4 aliphatic carbocycles. The molecule has 0 saturated heterocycles. The predicted octanol–water partition coefficient (Wildman–Crippen LogP) is 6.77. The molecule has 4 fully saturated rings. The van der Waals surface area contributed by atoms with Crippen molar-refractivity contribution in [3.05, 3.63) is 58.6 Å². The summed E-state index contributed by atoms with van der Waals surface area (Å²) in [6, 6.07) is 14.2. The summed E-state index contributed by atoms with van der Waals surface area (Å²) in [5.74, 6) is 2.20. The highest BCUT2D eigenvalue weighted by Crippen LogP contribution is 2.66. The maximum atomic E-state index is 6.65. The smallest absolute Gasteiger partial charge is 0.180 e. The van der Waals surface area contributed by atoms with Crippen LogP contribution in [0.5, 0.6) is 11.5 Å². The fraction of sp³-hybridized carbons (Fsp3) is 0.556. The summed E-state index contributed by atoms with van der Waals surface area (Å²) in [6.07, 6.45) is 8.15. The lowest BCUT2D eigenvalue weighted by molar-refractivity contribution is -0.118. The second kappa shape index (κ2) is 7.71. The van der Waals surface area contributed by atoms with Gasteiger partial charge in [-0.2, -0.15) is 0 Å². The lowest BCUT2D eigenvalue weighted by Gasteiger charge is -2.65. The molecular formula is C27H34ClNO2. The van der Waals surface area contributed by atoms with Crippen LogP contribution in [-0.4, -0.2) is 12.6 Å². The zero-order valence-corrected chi connectivity index (χ0v) is 19.7. The summed E-state index contributed by atoms with van der Waals surface area (Å²) in [6.45, 7) is 6.32. The Morgan fingerprint density at radius 1 is 0.968 bits per heavy atom. The summed E-state index contributed by atoms with van der Waals surface area (Å²) in [7, 11) is 1.68. The minimum atomic E-state index is 0.269. The van der Waals surface area contributed by atoms with Crippen LogP contribution in [0.15, 0.2) is 42.5 Å². The molecule has 0 aliphatic heterocycles. The fourth-order valence-electron chi connectivity index (χ4n) is 7.68. The van der Waals surface area contributed by atoms with Crippen molar-refractivity contribution in [2.75, 3.05) is 7.11 Å². The van der Waals surface area contributed by atoms with Crippen LogP contribution in [0.4, 0.5) is 0 Å². The second-order valence-corrected chi connectivity index (χ2v) is 11.6. The van der Waals surface area contributed by atoms with Crippen molar-refractivity contribution in [1.82, 2.24) is 5.32 Å². The van der Waals surface area contributed by atoms with Gasteiger partial charge in [-0.15, -0.1) is 0 Å². The van der Waals surface area contributed by atoms with Crippen molar-refractivity contribution in [3.63, 3.8) is 0 Å². The molecule has 4 aliphatic rings. The minimum Gasteiger partial charge on any atom is -0.493 e. The first-order valence-corrected chi connectivity index (χ1v) is 12.0. The Hall–Kier alpha value is -1.71. The predicted molar refractivity (Wildman–Crippen MR) is 126 cm³/mol. The molecule has 2 unspecified atom stereocenters. The van der Waals surface area contributed by atoms with Gasteiger partial charge in [-0.25, -0.2) is 0 Å². The third kappa shape index (κ3) is 4.19. The van der Waals surface area contributed by atoms with Gasteiger partial charge in [0, 0.05) is 12.1 Å². The molecule has 0 heterocycles. The van der Waals surface area contributed by atoms with E-state index in [0.29, 0.717) is 34.0 Å². The minimum absolute atomic E-state index is 0.269. The zero-order chi connectivity index (χ0) is 21.7. The zero-order valence-electron chi connectivity index (χ0n) is 19.0. The first-order chi connectivity index (χ1) is 14.8. The van der Waals surface area contributed by atoms with Gasteiger partial charge in [-0.3, -0.25) is 0 Å². The van der Waals surface area contributed by atoms with Crippen LogP contribution in [0.1, 0.15) is 63.5 Å². The Labute approximate surface area is 191 Å². The molecule has 166 valence electrons. The van der Waals surface area contributed by atoms with Crippen molar-refractivity contribution >= 4 is 11.6 Å². The summed E-state index contributed by atoms with van der Waals surface area (Å²) in [5, 5.41) is 4.60. The van der Waals surface area contributed by atoms with E-state index in [-0.39, 0.29) is 5.54 Å². The van der Waals surface area contributed by atoms with Crippen LogP contribution >= 0.6 is 11.6 Å². The summed E-state index contributed by atoms with van der Waals surface area (Å²) in [4.78, 5) is 0. The van der Waals surface area contributed by atoms with E-state index in [9.17, 15) is 0 Å². The van der Waals surface area contributed by atoms with Crippen LogP contribution in [0.3, 0.4) is 0 Å². The van der Waals surface area contributed by atoms with Gasteiger partial charge in [-0.1, -0.05) is 55.8 Å². The monoisotopic (exact) mass is 439 g/mol. The average Bonchev–Trinajstić information content (AvgIpc) is 2.69. The average molecular weight is 440 g/mol. The molecule has 4 bridgehead atoms. The molecule has 2 atom stereocenters. The van der Waals surface area contributed by atoms with Gasteiger partial charge in [0.25, 0.3) is 0 Å². The molecule has 0 amide bonds. The lowest BCUT2D eigenvalue weighted by atomic mass is 9.43. The highest BCUT2D eigenvalue weighted by molar-refractivity contribution is 6.32. The highest BCUT2D eigenvalue weighted by atomic mass is 35.5. The van der Waals surface area contributed by atoms with E-state index in [1.165, 1.54) is 38.5 Å². The van der Waals surface area contributed by atoms with Crippen molar-refractivity contribution < 1.29 is 9.47 Å². The lowest BCUT2D eigenvalue weighted by Crippen LogP contribution is -2.63. The second-order valence-electron chi connectivity index (χ2n) is 11.1. The maximum absolute atomic E-state index is 6.65. The van der Waals surface area contributed by atoms with E-state index in [4.69, 9.17) is 21.1 Å². The Morgan fingerprint density at radius 3 is 2.32 bits per heavy atom. The highest BCUT2D eigenvalue weighted by Gasteiger charge is 2.59. The van der Waals surface area contributed by atoms with Crippen molar-refractivity contribution in [2.45, 2.75) is 71.1 Å². The normalized spacial score (nSPS) is 33.5. The number of halogens is 1. The number of hydrogen-bond donors (Lipinski definition) is 1. The molecule has 0 radical (unpaired) electrons. The van der Waals surface area contributed by atoms with Gasteiger partial charge in [0.05, 0.1) is 12.1 Å². The molecule has 2 aromatic carbocycles. The third-order valence-electron chi connectivity index (χ3n) is 7.81. The van der Waals surface area contributed by atoms with Gasteiger partial charge < -0.3 is 14.8 Å². The van der Waals surface area contributed by atoms with E-state index in [1.54, 1.807) is 7.11 Å². The van der Waals surface area contributed by atoms with Crippen LogP contribution in [0, 0.1) is 16.7 Å². The van der Waals surface area contributed by atoms with Gasteiger partial charge in [0.15, 0.2) is 11.5 Å². The first-order valence-electron chi connectivity index (χ1n) is 11.6. The number of rotatable bonds is 7. The fourth-order valence-corrected chi connectivity index (χ4v) is 7.97. The molecule has 31 heavy (non-hydrogen) atoms. The standard InChI is InChI=1S/C27H34ClNO2/c1-25-11-21-12-26(2,16-25)18-27(13-21,17-25)29-14-20-9-22(28)24(23(10-20)30-3)31-15-19-7-5-4-6-8-19/h4-10,21,29H,11-18H2,1-3H3. The van der Waals surface area contributed by atoms with Crippen LogP contribution < -0.4 is 14.8 Å². The van der Waals surface area contributed by atoms with E-state index < -0.39 is 0 Å². The molecule has 0 aromatic heterocycles. The Bertz CT molecular complexity index is 941. The van der Waals surface area contributed by atoms with Gasteiger partial charge in [0.2, 0.25) is 0 Å². The maximum Gasteiger partial charge on any atom is 0.180 e. The third-order valence-corrected chi connectivity index (χ3v) is 8.09. The van der Waals surface area contributed by atoms with Gasteiger partial charge >= 0.3 is 0 Å². The van der Waals surface area contributed by atoms with Crippen molar-refractivity contribution in [2.24, 2.45) is 16.7 Å². The SMILES string of the molecule is COc1cc(CNC23CC4CC(C)(CC(C)(C4)C2)C3)cc(Cl)c1OCc1ccccc1. The molecule has 3 nitrogen and oxygen atoms in total. The van der Waals surface area contributed by atoms with E-state index in [2.05, 4.69) is 25.2 Å². The van der Waals surface area contributed by atoms with Gasteiger partial charge in [0.1, 0.15) is 6.61 Å². The van der Waals surface area contributed by atoms with Crippen LogP contribution in [-0.2, 0) is 13.2 Å². The molecule has 2 aromatic rings.